The van der Waals surface area contributed by atoms with Gasteiger partial charge in [-0.05, 0) is 57.2 Å². The number of halogens is 1. The van der Waals surface area contributed by atoms with E-state index in [0.717, 1.165) is 5.75 Å². The van der Waals surface area contributed by atoms with Crippen molar-refractivity contribution < 1.29 is 17.1 Å². The maximum absolute atomic E-state index is 6.07. The Kier molecular flexibility index (Phi) is 6.57. The van der Waals surface area contributed by atoms with Crippen LogP contribution >= 0.6 is 0 Å². The summed E-state index contributed by atoms with van der Waals surface area (Å²) in [6, 6.07) is 29.8. The Labute approximate surface area is 159 Å². The molecule has 0 saturated heterocycles. The molecule has 0 radical (unpaired) electrons. The predicted octanol–water partition coefficient (Wildman–Crippen LogP) is 2.96. The van der Waals surface area contributed by atoms with Gasteiger partial charge in [0.05, 0.1) is 10.9 Å². The maximum Gasteiger partial charge on any atom is 0.170 e. The summed E-state index contributed by atoms with van der Waals surface area (Å²) in [7, 11) is -0.133. The zero-order valence-corrected chi connectivity index (χ0v) is 16.3. The van der Waals surface area contributed by atoms with E-state index in [1.54, 1.807) is 0 Å². The average molecular weight is 371 g/mol. The molecular formula is C22H23ClOS. The van der Waals surface area contributed by atoms with E-state index >= 15 is 0 Å². The minimum absolute atomic E-state index is 0. The van der Waals surface area contributed by atoms with E-state index in [1.807, 2.05) is 6.07 Å². The van der Waals surface area contributed by atoms with Crippen LogP contribution in [0.25, 0.3) is 0 Å². The Balaban J connectivity index is 0.00000225. The molecule has 3 aromatic carbocycles. The minimum atomic E-state index is -0.198. The van der Waals surface area contributed by atoms with Crippen molar-refractivity contribution in [1.82, 2.24) is 0 Å². The fourth-order valence-corrected chi connectivity index (χ4v) is 4.66. The molecule has 0 aliphatic rings. The first-order chi connectivity index (χ1) is 11.5. The number of hydrogen-bond acceptors (Lipinski definition) is 1. The van der Waals surface area contributed by atoms with Gasteiger partial charge in [0.2, 0.25) is 0 Å². The van der Waals surface area contributed by atoms with Crippen LogP contribution in [0.2, 0.25) is 0 Å². The summed E-state index contributed by atoms with van der Waals surface area (Å²) in [5.74, 6) is 0.921. The van der Waals surface area contributed by atoms with Crippen LogP contribution in [0.15, 0.2) is 99.6 Å². The van der Waals surface area contributed by atoms with Gasteiger partial charge in [-0.1, -0.05) is 42.5 Å². The molecule has 3 aromatic rings. The van der Waals surface area contributed by atoms with E-state index in [9.17, 15) is 0 Å². The van der Waals surface area contributed by atoms with E-state index in [0.29, 0.717) is 0 Å². The maximum atomic E-state index is 6.07. The monoisotopic (exact) mass is 370 g/mol. The fraction of sp³-hybridized carbons (Fsp3) is 0.182. The highest BCUT2D eigenvalue weighted by atomic mass is 35.5. The van der Waals surface area contributed by atoms with E-state index in [2.05, 4.69) is 99.6 Å². The number of benzene rings is 3. The van der Waals surface area contributed by atoms with Crippen LogP contribution in [0, 0.1) is 0 Å². The van der Waals surface area contributed by atoms with Crippen molar-refractivity contribution in [3.8, 4) is 5.75 Å². The third-order valence-corrected chi connectivity index (χ3v) is 5.64. The molecule has 0 bridgehead atoms. The second-order valence-electron chi connectivity index (χ2n) is 6.62. The summed E-state index contributed by atoms with van der Waals surface area (Å²) in [4.78, 5) is 3.90. The van der Waals surface area contributed by atoms with Gasteiger partial charge < -0.3 is 17.1 Å². The predicted molar refractivity (Wildman–Crippen MR) is 102 cm³/mol. The van der Waals surface area contributed by atoms with Crippen LogP contribution in [-0.2, 0) is 10.9 Å². The molecule has 0 unspecified atom stereocenters. The van der Waals surface area contributed by atoms with Gasteiger partial charge in [0.1, 0.15) is 11.4 Å². The largest absolute Gasteiger partial charge is 1.00 e. The summed E-state index contributed by atoms with van der Waals surface area (Å²) in [6.07, 6.45) is 0. The molecule has 0 heterocycles. The molecule has 1 nitrogen and oxygen atoms in total. The lowest BCUT2D eigenvalue weighted by molar-refractivity contribution is -0.00000869. The molecule has 3 heteroatoms. The zero-order valence-electron chi connectivity index (χ0n) is 14.8. The Morgan fingerprint density at radius 1 is 0.640 bits per heavy atom. The molecule has 0 N–H and O–H groups in total. The van der Waals surface area contributed by atoms with Crippen LogP contribution in [-0.4, -0.2) is 5.60 Å². The summed E-state index contributed by atoms with van der Waals surface area (Å²) < 4.78 is 6.07. The molecule has 0 amide bonds. The van der Waals surface area contributed by atoms with E-state index in [-0.39, 0.29) is 28.9 Å². The summed E-state index contributed by atoms with van der Waals surface area (Å²) in [5.41, 5.74) is -0.198. The lowest BCUT2D eigenvalue weighted by Crippen LogP contribution is -3.00. The Hall–Kier alpha value is -1.90. The molecule has 0 spiro atoms. The SMILES string of the molecule is CC(C)(C)Oc1cccc([S+](c2ccccc2)c2ccccc2)c1.[Cl-]. The lowest BCUT2D eigenvalue weighted by Gasteiger charge is -2.21. The van der Waals surface area contributed by atoms with Gasteiger partial charge in [0, 0.05) is 6.07 Å². The van der Waals surface area contributed by atoms with Crippen LogP contribution in [0.4, 0.5) is 0 Å². The van der Waals surface area contributed by atoms with Gasteiger partial charge in [0.25, 0.3) is 0 Å². The fourth-order valence-electron chi connectivity index (χ4n) is 2.54. The van der Waals surface area contributed by atoms with Crippen LogP contribution in [0.5, 0.6) is 5.75 Å². The Bertz CT molecular complexity index is 742. The van der Waals surface area contributed by atoms with Gasteiger partial charge >= 0.3 is 0 Å². The highest BCUT2D eigenvalue weighted by Gasteiger charge is 2.29. The van der Waals surface area contributed by atoms with E-state index < -0.39 is 0 Å². The van der Waals surface area contributed by atoms with Gasteiger partial charge in [-0.2, -0.15) is 0 Å². The number of ether oxygens (including phenoxy) is 1. The van der Waals surface area contributed by atoms with Crippen LogP contribution in [0.3, 0.4) is 0 Å². The van der Waals surface area contributed by atoms with Crippen molar-refractivity contribution in [3.63, 3.8) is 0 Å². The molecule has 0 aliphatic heterocycles. The Morgan fingerprint density at radius 2 is 1.12 bits per heavy atom. The second-order valence-corrected chi connectivity index (χ2v) is 8.65. The molecule has 3 rings (SSSR count). The molecule has 0 aliphatic carbocycles. The first-order valence-electron chi connectivity index (χ1n) is 8.16. The quantitative estimate of drug-likeness (QED) is 0.641. The number of rotatable bonds is 4. The molecule has 0 aromatic heterocycles. The van der Waals surface area contributed by atoms with Crippen LogP contribution in [0.1, 0.15) is 20.8 Å². The Morgan fingerprint density at radius 3 is 1.60 bits per heavy atom. The lowest BCUT2D eigenvalue weighted by atomic mass is 10.2. The van der Waals surface area contributed by atoms with E-state index in [1.165, 1.54) is 14.7 Å². The van der Waals surface area contributed by atoms with E-state index in [4.69, 9.17) is 4.74 Å². The molecule has 25 heavy (non-hydrogen) atoms. The van der Waals surface area contributed by atoms with Crippen molar-refractivity contribution in [2.45, 2.75) is 41.1 Å². The summed E-state index contributed by atoms with van der Waals surface area (Å²) in [6.45, 7) is 6.23. The van der Waals surface area contributed by atoms with Crippen molar-refractivity contribution in [2.75, 3.05) is 0 Å². The van der Waals surface area contributed by atoms with Crippen molar-refractivity contribution in [2.24, 2.45) is 0 Å². The van der Waals surface area contributed by atoms with Gasteiger partial charge in [-0.3, -0.25) is 0 Å². The van der Waals surface area contributed by atoms with Gasteiger partial charge in [-0.25, -0.2) is 0 Å². The third-order valence-electron chi connectivity index (χ3n) is 3.42. The highest BCUT2D eigenvalue weighted by Crippen LogP contribution is 2.33. The van der Waals surface area contributed by atoms with Crippen LogP contribution < -0.4 is 17.1 Å². The smallest absolute Gasteiger partial charge is 0.170 e. The minimum Gasteiger partial charge on any atom is -1.00 e. The van der Waals surface area contributed by atoms with Gasteiger partial charge in [0.15, 0.2) is 14.7 Å². The summed E-state index contributed by atoms with van der Waals surface area (Å²) in [5, 5.41) is 0. The van der Waals surface area contributed by atoms with Gasteiger partial charge in [-0.15, -0.1) is 0 Å². The topological polar surface area (TPSA) is 9.23 Å². The summed E-state index contributed by atoms with van der Waals surface area (Å²) >= 11 is 0. The molecule has 0 atom stereocenters. The molecule has 0 saturated carbocycles. The van der Waals surface area contributed by atoms with Crippen molar-refractivity contribution in [1.29, 1.82) is 0 Å². The normalized spacial score (nSPS) is 11.0. The second kappa shape index (κ2) is 8.46. The first kappa shape index (κ1) is 19.4. The highest BCUT2D eigenvalue weighted by molar-refractivity contribution is 7.97. The third kappa shape index (κ3) is 5.29. The average Bonchev–Trinajstić information content (AvgIpc) is 2.56. The molecule has 0 fully saturated rings. The standard InChI is InChI=1S/C22H23OS.ClH/c1-22(2,3)23-18-11-10-16-21(17-18)24(19-12-6-4-7-13-19)20-14-8-5-9-15-20;/h4-17H,1-3H3;1H/q+1;/p-1. The van der Waals surface area contributed by atoms with Crippen molar-refractivity contribution >= 4 is 10.9 Å². The first-order valence-corrected chi connectivity index (χ1v) is 9.39. The zero-order chi connectivity index (χ0) is 17.0. The molecule has 130 valence electrons. The number of hydrogen-bond donors (Lipinski definition) is 0. The van der Waals surface area contributed by atoms with Crippen molar-refractivity contribution in [3.05, 3.63) is 84.9 Å². The molecular weight excluding hydrogens is 348 g/mol.